The fourth-order valence-electron chi connectivity index (χ4n) is 2.10. The van der Waals surface area contributed by atoms with Crippen LogP contribution in [0.4, 0.5) is 0 Å². The molecule has 0 atom stereocenters. The van der Waals surface area contributed by atoms with Crippen LogP contribution in [-0.4, -0.2) is 44.9 Å². The van der Waals surface area contributed by atoms with Gasteiger partial charge in [-0.15, -0.1) is 35.3 Å². The molecule has 0 unspecified atom stereocenters. The predicted molar refractivity (Wildman–Crippen MR) is 102 cm³/mol. The molecule has 0 amide bonds. The van der Waals surface area contributed by atoms with Crippen molar-refractivity contribution in [3.8, 4) is 0 Å². The third-order valence-corrected chi connectivity index (χ3v) is 6.87. The van der Waals surface area contributed by atoms with E-state index < -0.39 is 10.0 Å². The van der Waals surface area contributed by atoms with Crippen molar-refractivity contribution in [2.24, 2.45) is 4.99 Å². The van der Waals surface area contributed by atoms with E-state index in [-0.39, 0.29) is 24.0 Å². The molecule has 126 valence electrons. The number of aliphatic imine (C=N–C) groups is 1. The number of thiophene rings is 1. The van der Waals surface area contributed by atoms with Gasteiger partial charge in [-0.3, -0.25) is 4.99 Å². The van der Waals surface area contributed by atoms with Crippen LogP contribution in [0, 0.1) is 0 Å². The van der Waals surface area contributed by atoms with Gasteiger partial charge in [0.25, 0.3) is 10.0 Å². The lowest BCUT2D eigenvalue weighted by molar-refractivity contribution is 0.447. The number of sulfonamides is 1. The number of halogens is 1. The maximum absolute atomic E-state index is 12.4. The number of guanidine groups is 1. The average molecular weight is 458 g/mol. The Labute approximate surface area is 153 Å². The molecule has 0 fully saturated rings. The second-order valence-electron chi connectivity index (χ2n) is 4.67. The van der Waals surface area contributed by atoms with Crippen molar-refractivity contribution < 1.29 is 8.42 Å². The fraction of sp³-hybridized carbons (Fsp3) is 0.615. The molecule has 0 radical (unpaired) electrons. The zero-order valence-corrected chi connectivity index (χ0v) is 16.8. The molecule has 2 heterocycles. The van der Waals surface area contributed by atoms with Gasteiger partial charge in [-0.25, -0.2) is 8.42 Å². The first-order chi connectivity index (χ1) is 10.1. The molecule has 1 aliphatic rings. The molecule has 0 saturated heterocycles. The van der Waals surface area contributed by atoms with Crippen LogP contribution < -0.4 is 10.6 Å². The maximum Gasteiger partial charge on any atom is 0.252 e. The van der Waals surface area contributed by atoms with Crippen LogP contribution >= 0.6 is 35.3 Å². The second kappa shape index (κ2) is 9.04. The largest absolute Gasteiger partial charge is 0.356 e. The van der Waals surface area contributed by atoms with E-state index in [4.69, 9.17) is 0 Å². The minimum Gasteiger partial charge on any atom is -0.356 e. The summed E-state index contributed by atoms with van der Waals surface area (Å²) < 4.78 is 26.7. The molecule has 0 saturated carbocycles. The molecule has 1 aliphatic heterocycles. The quantitative estimate of drug-likeness (QED) is 0.639. The summed E-state index contributed by atoms with van der Waals surface area (Å²) >= 11 is 1.31. The molecule has 22 heavy (non-hydrogen) atoms. The third kappa shape index (κ3) is 4.80. The Morgan fingerprint density at radius 1 is 1.36 bits per heavy atom. The van der Waals surface area contributed by atoms with Gasteiger partial charge in [-0.05, 0) is 18.6 Å². The monoisotopic (exact) mass is 458 g/mol. The highest BCUT2D eigenvalue weighted by Gasteiger charge is 2.23. The first-order valence-electron chi connectivity index (χ1n) is 7.19. The number of hydrogen-bond acceptors (Lipinski definition) is 6. The lowest BCUT2D eigenvalue weighted by atomic mass is 10.4. The van der Waals surface area contributed by atoms with Crippen molar-refractivity contribution in [3.63, 3.8) is 0 Å². The highest BCUT2D eigenvalue weighted by molar-refractivity contribution is 14.0. The highest BCUT2D eigenvalue weighted by atomic mass is 127. The van der Waals surface area contributed by atoms with Crippen LogP contribution in [0.15, 0.2) is 21.3 Å². The van der Waals surface area contributed by atoms with Crippen molar-refractivity contribution in [3.05, 3.63) is 17.0 Å². The topological polar surface area (TPSA) is 73.8 Å². The molecule has 0 aromatic carbocycles. The van der Waals surface area contributed by atoms with E-state index in [0.717, 1.165) is 30.3 Å². The van der Waals surface area contributed by atoms with Gasteiger partial charge in [0, 0.05) is 31.1 Å². The Morgan fingerprint density at radius 3 is 2.68 bits per heavy atom. The summed E-state index contributed by atoms with van der Waals surface area (Å²) in [5.41, 5.74) is 0. The van der Waals surface area contributed by atoms with Crippen LogP contribution in [0.25, 0.3) is 0 Å². The van der Waals surface area contributed by atoms with Crippen LogP contribution in [0.3, 0.4) is 0 Å². The summed E-state index contributed by atoms with van der Waals surface area (Å²) in [6.45, 7) is 7.04. The Bertz CT molecular complexity index is 597. The first kappa shape index (κ1) is 19.7. The summed E-state index contributed by atoms with van der Waals surface area (Å²) in [4.78, 5) is 5.31. The van der Waals surface area contributed by atoms with E-state index in [2.05, 4.69) is 15.6 Å². The lowest BCUT2D eigenvalue weighted by Gasteiger charge is -2.17. The van der Waals surface area contributed by atoms with E-state index in [9.17, 15) is 8.42 Å². The van der Waals surface area contributed by atoms with E-state index >= 15 is 0 Å². The fourth-order valence-corrected chi connectivity index (χ4v) is 5.01. The Morgan fingerprint density at radius 2 is 2.09 bits per heavy atom. The molecule has 2 rings (SSSR count). The van der Waals surface area contributed by atoms with E-state index in [1.807, 2.05) is 19.9 Å². The zero-order valence-electron chi connectivity index (χ0n) is 12.8. The van der Waals surface area contributed by atoms with Crippen LogP contribution in [0.5, 0.6) is 0 Å². The Hall–Kier alpha value is -0.390. The van der Waals surface area contributed by atoms with Crippen molar-refractivity contribution in [2.45, 2.75) is 31.0 Å². The summed E-state index contributed by atoms with van der Waals surface area (Å²) in [7, 11) is -3.35. The van der Waals surface area contributed by atoms with Gasteiger partial charge in [0.1, 0.15) is 4.21 Å². The zero-order chi connectivity index (χ0) is 15.3. The van der Waals surface area contributed by atoms with Crippen molar-refractivity contribution in [2.75, 3.05) is 26.2 Å². The molecule has 0 bridgehead atoms. The first-order valence-corrected chi connectivity index (χ1v) is 9.44. The third-order valence-electron chi connectivity index (χ3n) is 3.26. The molecule has 0 aliphatic carbocycles. The van der Waals surface area contributed by atoms with Crippen molar-refractivity contribution in [1.29, 1.82) is 0 Å². The summed E-state index contributed by atoms with van der Waals surface area (Å²) in [6, 6.07) is 3.54. The number of hydrogen-bond donors (Lipinski definition) is 2. The highest BCUT2D eigenvalue weighted by Crippen LogP contribution is 2.24. The van der Waals surface area contributed by atoms with Crippen molar-refractivity contribution >= 4 is 51.3 Å². The lowest BCUT2D eigenvalue weighted by Crippen LogP contribution is -2.40. The summed E-state index contributed by atoms with van der Waals surface area (Å²) in [5, 5.41) is 6.38. The van der Waals surface area contributed by atoms with Crippen LogP contribution in [-0.2, 0) is 16.6 Å². The number of nitrogens with zero attached hydrogens (tertiary/aromatic N) is 2. The smallest absolute Gasteiger partial charge is 0.252 e. The average Bonchev–Trinajstić information content (AvgIpc) is 2.97. The predicted octanol–water partition coefficient (Wildman–Crippen LogP) is 1.84. The standard InChI is InChI=1S/C13H22N4O2S2.HI/c1-3-17(4-2)21(18,19)12-7-6-11(20-12)10-16-13-14-8-5-9-15-13;/h6-7H,3-5,8-10H2,1-2H3,(H2,14,15,16);1H. The van der Waals surface area contributed by atoms with Crippen LogP contribution in [0.2, 0.25) is 0 Å². The van der Waals surface area contributed by atoms with Gasteiger partial charge in [0.05, 0.1) is 6.54 Å². The van der Waals surface area contributed by atoms with Gasteiger partial charge in [-0.1, -0.05) is 13.8 Å². The van der Waals surface area contributed by atoms with E-state index in [1.165, 1.54) is 15.6 Å². The SMILES string of the molecule is CCN(CC)S(=O)(=O)c1ccc(CNC2=NCCCN2)s1.I. The molecular formula is C13H23IN4O2S2. The molecule has 1 aromatic heterocycles. The van der Waals surface area contributed by atoms with Gasteiger partial charge in [0.2, 0.25) is 0 Å². The maximum atomic E-state index is 12.4. The van der Waals surface area contributed by atoms with E-state index in [1.54, 1.807) is 6.07 Å². The van der Waals surface area contributed by atoms with Crippen LogP contribution in [0.1, 0.15) is 25.1 Å². The van der Waals surface area contributed by atoms with Gasteiger partial charge < -0.3 is 10.6 Å². The summed E-state index contributed by atoms with van der Waals surface area (Å²) in [5.74, 6) is 0.794. The minimum absolute atomic E-state index is 0. The van der Waals surface area contributed by atoms with Gasteiger partial charge in [0.15, 0.2) is 5.96 Å². The molecule has 6 nitrogen and oxygen atoms in total. The number of nitrogens with one attached hydrogen (secondary N) is 2. The Balaban J connectivity index is 0.00000242. The molecule has 2 N–H and O–H groups in total. The molecular weight excluding hydrogens is 435 g/mol. The van der Waals surface area contributed by atoms with Gasteiger partial charge in [-0.2, -0.15) is 4.31 Å². The molecule has 1 aromatic rings. The molecule has 0 spiro atoms. The Kier molecular flexibility index (Phi) is 8.08. The molecule has 9 heteroatoms. The number of rotatable bonds is 6. The second-order valence-corrected chi connectivity index (χ2v) is 8.01. The van der Waals surface area contributed by atoms with E-state index in [0.29, 0.717) is 23.8 Å². The van der Waals surface area contributed by atoms with Crippen molar-refractivity contribution in [1.82, 2.24) is 14.9 Å². The summed E-state index contributed by atoms with van der Waals surface area (Å²) in [6.07, 6.45) is 1.05. The minimum atomic E-state index is -3.35. The normalized spacial score (nSPS) is 15.0. The van der Waals surface area contributed by atoms with Gasteiger partial charge >= 0.3 is 0 Å².